The molecule has 114 valence electrons. The molecule has 0 unspecified atom stereocenters. The van der Waals surface area contributed by atoms with Gasteiger partial charge < -0.3 is 4.90 Å². The molecule has 0 saturated carbocycles. The van der Waals surface area contributed by atoms with Gasteiger partial charge in [0.1, 0.15) is 11.8 Å². The quantitative estimate of drug-likeness (QED) is 0.869. The highest BCUT2D eigenvalue weighted by Crippen LogP contribution is 2.24. The Morgan fingerprint density at radius 3 is 2.59 bits per heavy atom. The fourth-order valence-electron chi connectivity index (χ4n) is 2.72. The van der Waals surface area contributed by atoms with Crippen molar-refractivity contribution in [2.45, 2.75) is 19.4 Å². The smallest absolute Gasteiger partial charge is 0.190 e. The van der Waals surface area contributed by atoms with Crippen LogP contribution in [0.2, 0.25) is 0 Å². The lowest BCUT2D eigenvalue weighted by atomic mass is 10.1. The van der Waals surface area contributed by atoms with Gasteiger partial charge in [-0.05, 0) is 44.1 Å². The van der Waals surface area contributed by atoms with Crippen LogP contribution in [-0.2, 0) is 6.54 Å². The first-order chi connectivity index (χ1) is 10.7. The van der Waals surface area contributed by atoms with Crippen LogP contribution in [0.3, 0.4) is 0 Å². The van der Waals surface area contributed by atoms with Crippen molar-refractivity contribution >= 4 is 0 Å². The van der Waals surface area contributed by atoms with E-state index in [-0.39, 0.29) is 5.69 Å². The summed E-state index contributed by atoms with van der Waals surface area (Å²) >= 11 is 0. The molecule has 22 heavy (non-hydrogen) atoms. The molecule has 0 spiro atoms. The zero-order valence-corrected chi connectivity index (χ0v) is 12.0. The molecular formula is C15H15F2N5. The van der Waals surface area contributed by atoms with E-state index in [2.05, 4.69) is 15.2 Å². The molecule has 0 radical (unpaired) electrons. The van der Waals surface area contributed by atoms with Gasteiger partial charge in [-0.1, -0.05) is 5.21 Å². The number of hydrogen-bond donors (Lipinski definition) is 0. The minimum Gasteiger partial charge on any atom is -0.301 e. The molecule has 1 aliphatic rings. The highest BCUT2D eigenvalue weighted by Gasteiger charge is 2.18. The van der Waals surface area contributed by atoms with Gasteiger partial charge in [-0.15, -0.1) is 5.10 Å². The maximum Gasteiger partial charge on any atom is 0.190 e. The van der Waals surface area contributed by atoms with Crippen LogP contribution in [0.4, 0.5) is 8.78 Å². The van der Waals surface area contributed by atoms with Crippen LogP contribution in [0.25, 0.3) is 11.3 Å². The van der Waals surface area contributed by atoms with Gasteiger partial charge >= 0.3 is 0 Å². The number of nitrogens with zero attached hydrogens (tertiary/aromatic N) is 5. The van der Waals surface area contributed by atoms with E-state index in [1.807, 2.05) is 6.07 Å². The molecule has 1 aromatic carbocycles. The Morgan fingerprint density at radius 2 is 1.91 bits per heavy atom. The van der Waals surface area contributed by atoms with Gasteiger partial charge in [-0.2, -0.15) is 5.26 Å². The Morgan fingerprint density at radius 1 is 1.14 bits per heavy atom. The topological polar surface area (TPSA) is 57.7 Å². The number of likely N-dealkylation sites (tertiary alicyclic amines) is 1. The molecule has 1 saturated heterocycles. The van der Waals surface area contributed by atoms with E-state index in [9.17, 15) is 8.78 Å². The average molecular weight is 303 g/mol. The van der Waals surface area contributed by atoms with E-state index < -0.39 is 11.6 Å². The first-order valence-electron chi connectivity index (χ1n) is 7.20. The summed E-state index contributed by atoms with van der Waals surface area (Å²) in [6.07, 6.45) is 2.38. The third-order valence-electron chi connectivity index (χ3n) is 3.86. The number of hydrogen-bond acceptors (Lipinski definition) is 4. The van der Waals surface area contributed by atoms with E-state index >= 15 is 0 Å². The van der Waals surface area contributed by atoms with E-state index in [0.29, 0.717) is 17.8 Å². The molecule has 2 heterocycles. The summed E-state index contributed by atoms with van der Waals surface area (Å²) < 4.78 is 28.1. The van der Waals surface area contributed by atoms with Gasteiger partial charge in [0.15, 0.2) is 17.3 Å². The zero-order chi connectivity index (χ0) is 15.5. The van der Waals surface area contributed by atoms with Gasteiger partial charge in [-0.25, -0.2) is 13.5 Å². The molecule has 2 aromatic rings. The zero-order valence-electron chi connectivity index (χ0n) is 12.0. The van der Waals surface area contributed by atoms with Crippen LogP contribution in [0.1, 0.15) is 18.5 Å². The Balaban J connectivity index is 1.89. The van der Waals surface area contributed by atoms with Crippen molar-refractivity contribution in [2.24, 2.45) is 0 Å². The summed E-state index contributed by atoms with van der Waals surface area (Å²) in [6, 6.07) is 5.50. The van der Waals surface area contributed by atoms with Crippen molar-refractivity contribution in [3.63, 3.8) is 0 Å². The fourth-order valence-corrected chi connectivity index (χ4v) is 2.72. The molecule has 0 N–H and O–H groups in total. The first-order valence-corrected chi connectivity index (χ1v) is 7.20. The first kappa shape index (κ1) is 14.6. The minimum absolute atomic E-state index is 0.118. The van der Waals surface area contributed by atoms with E-state index in [1.165, 1.54) is 18.9 Å². The van der Waals surface area contributed by atoms with Gasteiger partial charge in [-0.3, -0.25) is 0 Å². The standard InChI is InChI=1S/C15H15F2N5/c16-12-4-3-11(9-13(12)17)15-14(10-18)19-20-22(15)8-7-21-5-1-2-6-21/h3-4,9H,1-2,5-8H2. The molecule has 3 rings (SSSR count). The van der Waals surface area contributed by atoms with Gasteiger partial charge in [0.25, 0.3) is 0 Å². The molecule has 1 fully saturated rings. The van der Waals surface area contributed by atoms with Crippen molar-refractivity contribution in [1.82, 2.24) is 19.9 Å². The lowest BCUT2D eigenvalue weighted by molar-refractivity contribution is 0.315. The number of benzene rings is 1. The molecule has 0 aliphatic carbocycles. The third-order valence-corrected chi connectivity index (χ3v) is 3.86. The lowest BCUT2D eigenvalue weighted by Crippen LogP contribution is -2.24. The van der Waals surface area contributed by atoms with Crippen LogP contribution in [0.5, 0.6) is 0 Å². The second kappa shape index (κ2) is 6.20. The highest BCUT2D eigenvalue weighted by molar-refractivity contribution is 5.64. The molecule has 5 nitrogen and oxygen atoms in total. The maximum atomic E-state index is 13.5. The number of rotatable bonds is 4. The van der Waals surface area contributed by atoms with Crippen molar-refractivity contribution in [1.29, 1.82) is 5.26 Å². The molecular weight excluding hydrogens is 288 g/mol. The summed E-state index contributed by atoms with van der Waals surface area (Å²) in [5.74, 6) is -1.87. The summed E-state index contributed by atoms with van der Waals surface area (Å²) in [6.45, 7) is 3.47. The minimum atomic E-state index is -0.950. The summed E-state index contributed by atoms with van der Waals surface area (Å²) in [5.41, 5.74) is 0.954. The Kier molecular flexibility index (Phi) is 4.11. The van der Waals surface area contributed by atoms with Crippen molar-refractivity contribution in [3.05, 3.63) is 35.5 Å². The van der Waals surface area contributed by atoms with E-state index in [1.54, 1.807) is 4.68 Å². The Bertz CT molecular complexity index is 713. The number of aromatic nitrogens is 3. The third kappa shape index (κ3) is 2.83. The number of nitriles is 1. The van der Waals surface area contributed by atoms with E-state index in [4.69, 9.17) is 5.26 Å². The predicted molar refractivity (Wildman–Crippen MR) is 75.8 cm³/mol. The largest absolute Gasteiger partial charge is 0.301 e. The molecule has 0 amide bonds. The summed E-state index contributed by atoms with van der Waals surface area (Å²) in [4.78, 5) is 2.31. The van der Waals surface area contributed by atoms with Crippen molar-refractivity contribution < 1.29 is 8.78 Å². The van der Waals surface area contributed by atoms with Crippen molar-refractivity contribution in [2.75, 3.05) is 19.6 Å². The molecule has 1 aliphatic heterocycles. The molecule has 0 bridgehead atoms. The maximum absolute atomic E-state index is 13.5. The van der Waals surface area contributed by atoms with Gasteiger partial charge in [0, 0.05) is 12.1 Å². The molecule has 1 aromatic heterocycles. The van der Waals surface area contributed by atoms with Crippen LogP contribution >= 0.6 is 0 Å². The highest BCUT2D eigenvalue weighted by atomic mass is 19.2. The molecule has 7 heteroatoms. The van der Waals surface area contributed by atoms with Crippen LogP contribution < -0.4 is 0 Å². The van der Waals surface area contributed by atoms with Crippen molar-refractivity contribution in [3.8, 4) is 17.3 Å². The Hall–Kier alpha value is -2.33. The van der Waals surface area contributed by atoms with Crippen LogP contribution in [-0.4, -0.2) is 39.5 Å². The Labute approximate surface area is 126 Å². The van der Waals surface area contributed by atoms with E-state index in [0.717, 1.165) is 31.8 Å². The van der Waals surface area contributed by atoms with Gasteiger partial charge in [0.05, 0.1) is 6.54 Å². The van der Waals surface area contributed by atoms with Gasteiger partial charge in [0.2, 0.25) is 0 Å². The molecule has 0 atom stereocenters. The summed E-state index contributed by atoms with van der Waals surface area (Å²) in [7, 11) is 0. The fraction of sp³-hybridized carbons (Fsp3) is 0.400. The van der Waals surface area contributed by atoms with Crippen LogP contribution in [0.15, 0.2) is 18.2 Å². The number of halogens is 2. The second-order valence-electron chi connectivity index (χ2n) is 5.30. The normalized spacial score (nSPS) is 15.1. The SMILES string of the molecule is N#Cc1nnn(CCN2CCCC2)c1-c1ccc(F)c(F)c1. The lowest BCUT2D eigenvalue weighted by Gasteiger charge is -2.15. The summed E-state index contributed by atoms with van der Waals surface area (Å²) in [5, 5.41) is 17.0. The second-order valence-corrected chi connectivity index (χ2v) is 5.30. The average Bonchev–Trinajstić information content (AvgIpc) is 3.16. The monoisotopic (exact) mass is 303 g/mol. The van der Waals surface area contributed by atoms with Crippen LogP contribution in [0, 0.1) is 23.0 Å². The predicted octanol–water partition coefficient (Wildman–Crippen LogP) is 2.19.